The van der Waals surface area contributed by atoms with Crippen molar-refractivity contribution in [2.45, 2.75) is 12.8 Å². The Hall–Kier alpha value is -1.55. The molecule has 80 valence electrons. The number of carbonyl (C=O) groups excluding carboxylic acids is 1. The Morgan fingerprint density at radius 1 is 1.33 bits per heavy atom. The minimum absolute atomic E-state index is 0.116. The summed E-state index contributed by atoms with van der Waals surface area (Å²) >= 11 is 0. The van der Waals surface area contributed by atoms with E-state index in [-0.39, 0.29) is 5.75 Å². The van der Waals surface area contributed by atoms with Gasteiger partial charge in [-0.15, -0.1) is 0 Å². The fourth-order valence-electron chi connectivity index (χ4n) is 1.11. The molecule has 1 aliphatic carbocycles. The van der Waals surface area contributed by atoms with Crippen molar-refractivity contribution in [3.05, 3.63) is 29.8 Å². The maximum absolute atomic E-state index is 11.3. The Bertz CT molecular complexity index is 340. The van der Waals surface area contributed by atoms with Crippen molar-refractivity contribution in [3.63, 3.8) is 0 Å². The predicted octanol–water partition coefficient (Wildman–Crippen LogP) is 1.89. The summed E-state index contributed by atoms with van der Waals surface area (Å²) in [5, 5.41) is 9.01. The van der Waals surface area contributed by atoms with Crippen molar-refractivity contribution in [3.8, 4) is 5.75 Å². The highest BCUT2D eigenvalue weighted by atomic mass is 17.2. The van der Waals surface area contributed by atoms with Gasteiger partial charge in [0.1, 0.15) is 5.75 Å². The van der Waals surface area contributed by atoms with Gasteiger partial charge < -0.3 is 5.11 Å². The van der Waals surface area contributed by atoms with Gasteiger partial charge in [0.05, 0.1) is 12.2 Å². The van der Waals surface area contributed by atoms with Crippen molar-refractivity contribution in [1.29, 1.82) is 0 Å². The van der Waals surface area contributed by atoms with E-state index in [1.165, 1.54) is 24.3 Å². The van der Waals surface area contributed by atoms with Gasteiger partial charge in [0.15, 0.2) is 0 Å². The fourth-order valence-corrected chi connectivity index (χ4v) is 1.11. The molecule has 2 rings (SSSR count). The van der Waals surface area contributed by atoms with Crippen LogP contribution in [0.5, 0.6) is 5.75 Å². The molecule has 0 saturated heterocycles. The zero-order valence-electron chi connectivity index (χ0n) is 8.18. The van der Waals surface area contributed by atoms with E-state index in [0.29, 0.717) is 18.1 Å². The third-order valence-electron chi connectivity index (χ3n) is 2.24. The van der Waals surface area contributed by atoms with Crippen LogP contribution < -0.4 is 0 Å². The van der Waals surface area contributed by atoms with Gasteiger partial charge >= 0.3 is 5.97 Å². The molecular weight excluding hydrogens is 196 g/mol. The first-order valence-corrected chi connectivity index (χ1v) is 4.88. The lowest BCUT2D eigenvalue weighted by Gasteiger charge is -2.02. The molecule has 1 fully saturated rings. The van der Waals surface area contributed by atoms with Crippen LogP contribution in [0.25, 0.3) is 0 Å². The molecule has 0 spiro atoms. The normalized spacial score (nSPS) is 14.9. The van der Waals surface area contributed by atoms with Gasteiger partial charge in [-0.2, -0.15) is 4.89 Å². The van der Waals surface area contributed by atoms with Gasteiger partial charge in [-0.25, -0.2) is 4.79 Å². The van der Waals surface area contributed by atoms with Gasteiger partial charge in [-0.3, -0.25) is 4.89 Å². The lowest BCUT2D eigenvalue weighted by Crippen LogP contribution is -2.07. The van der Waals surface area contributed by atoms with Crippen molar-refractivity contribution in [2.75, 3.05) is 6.61 Å². The van der Waals surface area contributed by atoms with Crippen LogP contribution in [0.2, 0.25) is 0 Å². The van der Waals surface area contributed by atoms with Crippen LogP contribution in [0, 0.1) is 5.92 Å². The lowest BCUT2D eigenvalue weighted by molar-refractivity contribution is -0.243. The zero-order chi connectivity index (χ0) is 10.7. The van der Waals surface area contributed by atoms with Gasteiger partial charge in [-0.1, -0.05) is 0 Å². The van der Waals surface area contributed by atoms with E-state index in [1.54, 1.807) is 0 Å². The number of hydrogen-bond acceptors (Lipinski definition) is 4. The van der Waals surface area contributed by atoms with E-state index in [0.717, 1.165) is 12.8 Å². The Balaban J connectivity index is 1.81. The zero-order valence-corrected chi connectivity index (χ0v) is 8.18. The van der Waals surface area contributed by atoms with Gasteiger partial charge in [0.2, 0.25) is 0 Å². The minimum Gasteiger partial charge on any atom is -0.508 e. The summed E-state index contributed by atoms with van der Waals surface area (Å²) in [6, 6.07) is 5.82. The average molecular weight is 208 g/mol. The van der Waals surface area contributed by atoms with Crippen LogP contribution in [0.3, 0.4) is 0 Å². The Morgan fingerprint density at radius 3 is 2.60 bits per heavy atom. The van der Waals surface area contributed by atoms with Crippen LogP contribution in [-0.4, -0.2) is 17.7 Å². The second-order valence-corrected chi connectivity index (χ2v) is 3.65. The molecule has 1 aromatic carbocycles. The number of phenols is 1. The van der Waals surface area contributed by atoms with Crippen molar-refractivity contribution < 1.29 is 19.7 Å². The molecule has 1 aromatic rings. The van der Waals surface area contributed by atoms with E-state index in [4.69, 9.17) is 9.99 Å². The van der Waals surface area contributed by atoms with Gasteiger partial charge in [0, 0.05) is 0 Å². The second kappa shape index (κ2) is 4.31. The van der Waals surface area contributed by atoms with Crippen LogP contribution >= 0.6 is 0 Å². The number of rotatable bonds is 4. The largest absolute Gasteiger partial charge is 0.508 e. The molecule has 4 heteroatoms. The SMILES string of the molecule is O=C(OOCC1CC1)c1ccc(O)cc1. The molecule has 0 atom stereocenters. The van der Waals surface area contributed by atoms with E-state index in [2.05, 4.69) is 4.89 Å². The predicted molar refractivity (Wildman–Crippen MR) is 52.2 cm³/mol. The summed E-state index contributed by atoms with van der Waals surface area (Å²) in [5.41, 5.74) is 0.364. The second-order valence-electron chi connectivity index (χ2n) is 3.65. The first-order valence-electron chi connectivity index (χ1n) is 4.88. The molecule has 0 bridgehead atoms. The van der Waals surface area contributed by atoms with Crippen molar-refractivity contribution >= 4 is 5.97 Å². The Labute approximate surface area is 87.4 Å². The van der Waals surface area contributed by atoms with Crippen LogP contribution in [-0.2, 0) is 9.78 Å². The highest BCUT2D eigenvalue weighted by molar-refractivity contribution is 5.89. The van der Waals surface area contributed by atoms with E-state index >= 15 is 0 Å². The third kappa shape index (κ3) is 2.95. The molecule has 4 nitrogen and oxygen atoms in total. The fraction of sp³-hybridized carbons (Fsp3) is 0.364. The number of aromatic hydroxyl groups is 1. The number of hydrogen-bond donors (Lipinski definition) is 1. The molecular formula is C11H12O4. The summed E-state index contributed by atoms with van der Waals surface area (Å²) in [4.78, 5) is 20.7. The van der Waals surface area contributed by atoms with Crippen molar-refractivity contribution in [2.24, 2.45) is 5.92 Å². The molecule has 0 amide bonds. The topological polar surface area (TPSA) is 55.8 Å². The van der Waals surface area contributed by atoms with Crippen LogP contribution in [0.1, 0.15) is 23.2 Å². The Morgan fingerprint density at radius 2 is 2.00 bits per heavy atom. The number of benzene rings is 1. The summed E-state index contributed by atoms with van der Waals surface area (Å²) in [7, 11) is 0. The average Bonchev–Trinajstić information content (AvgIpc) is 3.02. The first-order chi connectivity index (χ1) is 7.25. The summed E-state index contributed by atoms with van der Waals surface area (Å²) in [5.74, 6) is 0.138. The molecule has 0 radical (unpaired) electrons. The first kappa shape index (κ1) is 9.98. The smallest absolute Gasteiger partial charge is 0.373 e. The molecule has 0 unspecified atom stereocenters. The quantitative estimate of drug-likeness (QED) is 0.606. The van der Waals surface area contributed by atoms with Crippen LogP contribution in [0.4, 0.5) is 0 Å². The highest BCUT2D eigenvalue weighted by Crippen LogP contribution is 2.28. The Kier molecular flexibility index (Phi) is 2.87. The monoisotopic (exact) mass is 208 g/mol. The molecule has 0 heterocycles. The standard InChI is InChI=1S/C11H12O4/c12-10-5-3-9(4-6-10)11(13)15-14-7-8-1-2-8/h3-6,8,12H,1-2,7H2. The summed E-state index contributed by atoms with van der Waals surface area (Å²) < 4.78 is 0. The lowest BCUT2D eigenvalue weighted by atomic mass is 10.2. The number of phenolic OH excluding ortho intramolecular Hbond substituents is 1. The third-order valence-corrected chi connectivity index (χ3v) is 2.24. The van der Waals surface area contributed by atoms with Gasteiger partial charge in [0.25, 0.3) is 0 Å². The maximum Gasteiger partial charge on any atom is 0.373 e. The molecule has 1 N–H and O–H groups in total. The summed E-state index contributed by atoms with van der Waals surface area (Å²) in [6.07, 6.45) is 2.30. The molecule has 1 saturated carbocycles. The van der Waals surface area contributed by atoms with Crippen molar-refractivity contribution in [1.82, 2.24) is 0 Å². The molecule has 0 aromatic heterocycles. The van der Waals surface area contributed by atoms with Gasteiger partial charge in [-0.05, 0) is 43.0 Å². The molecule has 15 heavy (non-hydrogen) atoms. The highest BCUT2D eigenvalue weighted by Gasteiger charge is 2.22. The minimum atomic E-state index is -0.532. The maximum atomic E-state index is 11.3. The van der Waals surface area contributed by atoms with Crippen LogP contribution in [0.15, 0.2) is 24.3 Å². The molecule has 0 aliphatic heterocycles. The number of carbonyl (C=O) groups is 1. The van der Waals surface area contributed by atoms with E-state index in [1.807, 2.05) is 0 Å². The van der Waals surface area contributed by atoms with E-state index < -0.39 is 5.97 Å². The van der Waals surface area contributed by atoms with E-state index in [9.17, 15) is 4.79 Å². The summed E-state index contributed by atoms with van der Waals surface area (Å²) in [6.45, 7) is 0.476. The molecule has 1 aliphatic rings.